The predicted molar refractivity (Wildman–Crippen MR) is 302 cm³/mol. The van der Waals surface area contributed by atoms with Crippen LogP contribution < -0.4 is 0 Å². The van der Waals surface area contributed by atoms with Crippen LogP contribution in [0.5, 0.6) is 0 Å². The van der Waals surface area contributed by atoms with E-state index in [1.807, 2.05) is 72.9 Å². The molecule has 70 heavy (non-hydrogen) atoms. The molecule has 0 radical (unpaired) electrons. The van der Waals surface area contributed by atoms with Crippen LogP contribution in [0.2, 0.25) is 0 Å². The molecule has 0 amide bonds. The lowest BCUT2D eigenvalue weighted by molar-refractivity contribution is -0.167. The molecule has 0 spiro atoms. The molecular weight excluding hydrogens is 865 g/mol. The summed E-state index contributed by atoms with van der Waals surface area (Å²) in [5.74, 6) is -0.971. The Balaban J connectivity index is 4.52. The molecule has 0 aromatic rings. The van der Waals surface area contributed by atoms with Gasteiger partial charge in [-0.2, -0.15) is 0 Å². The first-order valence-corrected chi connectivity index (χ1v) is 29.0. The molecule has 0 fully saturated rings. The number of hydrogen-bond donors (Lipinski definition) is 0. The topological polar surface area (TPSA) is 78.9 Å². The fourth-order valence-corrected chi connectivity index (χ4v) is 7.89. The van der Waals surface area contributed by atoms with Gasteiger partial charge < -0.3 is 14.2 Å². The summed E-state index contributed by atoms with van der Waals surface area (Å²) in [6.07, 6.45) is 77.9. The highest BCUT2D eigenvalue weighted by molar-refractivity contribution is 5.71. The minimum absolute atomic E-state index is 0.106. The van der Waals surface area contributed by atoms with E-state index in [4.69, 9.17) is 14.2 Å². The first kappa shape index (κ1) is 66.1. The Bertz CT molecular complexity index is 1440. The van der Waals surface area contributed by atoms with Crippen molar-refractivity contribution in [1.29, 1.82) is 0 Å². The maximum Gasteiger partial charge on any atom is 0.306 e. The molecule has 0 aliphatic rings. The van der Waals surface area contributed by atoms with Crippen LogP contribution in [0.3, 0.4) is 0 Å². The zero-order valence-corrected chi connectivity index (χ0v) is 45.5. The van der Waals surface area contributed by atoms with Gasteiger partial charge in [-0.1, -0.05) is 284 Å². The highest BCUT2D eigenvalue weighted by atomic mass is 16.6. The monoisotopic (exact) mass is 971 g/mol. The largest absolute Gasteiger partial charge is 0.462 e. The van der Waals surface area contributed by atoms with Gasteiger partial charge in [-0.25, -0.2) is 0 Å². The number of carbonyl (C=O) groups is 3. The number of rotatable bonds is 51. The Hall–Kier alpha value is -3.93. The maximum atomic E-state index is 12.9. The van der Waals surface area contributed by atoms with Crippen LogP contribution >= 0.6 is 0 Å². The Labute approximate surface area is 431 Å². The fraction of sp³-hybridized carbons (Fsp3) is 0.672. The van der Waals surface area contributed by atoms with Crippen LogP contribution in [0.4, 0.5) is 0 Å². The van der Waals surface area contributed by atoms with E-state index in [2.05, 4.69) is 57.2 Å². The zero-order chi connectivity index (χ0) is 50.7. The second kappa shape index (κ2) is 57.6. The fourth-order valence-electron chi connectivity index (χ4n) is 7.89. The standard InChI is InChI=1S/C64H106O6/c1-4-7-10-13-16-19-22-25-28-31-32-34-36-39-42-45-48-51-54-57-63(66)69-60-61(59-68-62(65)56-53-50-47-44-41-38-35-30-27-24-21-18-15-12-9-6-3)70-64(67)58-55-52-49-46-43-40-37-33-29-26-23-20-17-14-11-8-5-2/h7,10,13,16,19,22,25,28,30-32,34-36,38-39,41-42,61H,4-6,8-9,11-12,14-15,17-18,20-21,23-24,26-27,29,33,37,40,43-60H2,1-3H3/b10-7-,16-13-,22-19-,28-25-,32-31+,35-30-,36-34-,41-38-,42-39-. The molecule has 1 unspecified atom stereocenters. The van der Waals surface area contributed by atoms with E-state index in [0.29, 0.717) is 19.3 Å². The molecule has 398 valence electrons. The first-order valence-electron chi connectivity index (χ1n) is 29.0. The number of carbonyl (C=O) groups excluding carboxylic acids is 3. The second-order valence-corrected chi connectivity index (χ2v) is 19.0. The summed E-state index contributed by atoms with van der Waals surface area (Å²) in [5, 5.41) is 0. The molecular formula is C64H106O6. The predicted octanol–water partition coefficient (Wildman–Crippen LogP) is 19.5. The van der Waals surface area contributed by atoms with Gasteiger partial charge in [0.15, 0.2) is 6.10 Å². The molecule has 0 rings (SSSR count). The van der Waals surface area contributed by atoms with Crippen molar-refractivity contribution in [2.75, 3.05) is 13.2 Å². The highest BCUT2D eigenvalue weighted by Crippen LogP contribution is 2.16. The summed E-state index contributed by atoms with van der Waals surface area (Å²) >= 11 is 0. The van der Waals surface area contributed by atoms with Crippen molar-refractivity contribution in [2.45, 2.75) is 264 Å². The maximum absolute atomic E-state index is 12.9. The van der Waals surface area contributed by atoms with Gasteiger partial charge in [0.2, 0.25) is 0 Å². The van der Waals surface area contributed by atoms with E-state index in [9.17, 15) is 14.4 Å². The molecule has 0 aliphatic carbocycles. The molecule has 1 atom stereocenters. The zero-order valence-electron chi connectivity index (χ0n) is 45.5. The van der Waals surface area contributed by atoms with Crippen LogP contribution in [0, 0.1) is 0 Å². The number of unbranched alkanes of at least 4 members (excludes halogenated alkanes) is 29. The van der Waals surface area contributed by atoms with E-state index in [-0.39, 0.29) is 31.1 Å². The lowest BCUT2D eigenvalue weighted by Gasteiger charge is -2.18. The van der Waals surface area contributed by atoms with Crippen molar-refractivity contribution in [3.63, 3.8) is 0 Å². The van der Waals surface area contributed by atoms with Gasteiger partial charge in [-0.3, -0.25) is 14.4 Å². The Morgan fingerprint density at radius 1 is 0.300 bits per heavy atom. The summed E-state index contributed by atoms with van der Waals surface area (Å²) in [4.78, 5) is 38.2. The summed E-state index contributed by atoms with van der Waals surface area (Å²) in [6.45, 7) is 6.44. The van der Waals surface area contributed by atoms with Gasteiger partial charge in [0.1, 0.15) is 13.2 Å². The average Bonchev–Trinajstić information content (AvgIpc) is 3.36. The third-order valence-electron chi connectivity index (χ3n) is 12.2. The van der Waals surface area contributed by atoms with Crippen molar-refractivity contribution in [3.8, 4) is 0 Å². The molecule has 0 N–H and O–H groups in total. The van der Waals surface area contributed by atoms with Crippen LogP contribution in [-0.2, 0) is 28.6 Å². The number of hydrogen-bond acceptors (Lipinski definition) is 6. The lowest BCUT2D eigenvalue weighted by atomic mass is 10.0. The Kier molecular flexibility index (Phi) is 54.4. The van der Waals surface area contributed by atoms with Crippen LogP contribution in [0.1, 0.15) is 258 Å². The molecule has 6 nitrogen and oxygen atoms in total. The van der Waals surface area contributed by atoms with Crippen molar-refractivity contribution in [3.05, 3.63) is 109 Å². The van der Waals surface area contributed by atoms with Crippen molar-refractivity contribution in [1.82, 2.24) is 0 Å². The van der Waals surface area contributed by atoms with E-state index in [1.54, 1.807) is 0 Å². The summed E-state index contributed by atoms with van der Waals surface area (Å²) < 4.78 is 16.8. The summed E-state index contributed by atoms with van der Waals surface area (Å²) in [7, 11) is 0. The average molecular weight is 972 g/mol. The highest BCUT2D eigenvalue weighted by Gasteiger charge is 2.19. The van der Waals surface area contributed by atoms with Crippen molar-refractivity contribution >= 4 is 17.9 Å². The quantitative estimate of drug-likeness (QED) is 0.0262. The van der Waals surface area contributed by atoms with Crippen LogP contribution in [0.15, 0.2) is 109 Å². The Morgan fingerprint density at radius 2 is 0.557 bits per heavy atom. The summed E-state index contributed by atoms with van der Waals surface area (Å²) in [6, 6.07) is 0. The SMILES string of the molecule is CC\C=C/C=C\C=C/C=C\C=C\C=C/C=C\CCCCCC(=O)OCC(COC(=O)CCCCC/C=C\C=C/CCCCCCCCC)OC(=O)CCCCCCCCCCCCCCCCCCC. The molecule has 0 bridgehead atoms. The van der Waals surface area contributed by atoms with Crippen molar-refractivity contribution in [2.24, 2.45) is 0 Å². The van der Waals surface area contributed by atoms with Gasteiger partial charge >= 0.3 is 17.9 Å². The van der Waals surface area contributed by atoms with Gasteiger partial charge in [-0.05, 0) is 64.2 Å². The van der Waals surface area contributed by atoms with Crippen LogP contribution in [0.25, 0.3) is 0 Å². The normalized spacial score (nSPS) is 12.9. The Morgan fingerprint density at radius 3 is 0.900 bits per heavy atom. The van der Waals surface area contributed by atoms with Crippen LogP contribution in [-0.4, -0.2) is 37.2 Å². The third kappa shape index (κ3) is 55.0. The van der Waals surface area contributed by atoms with E-state index in [0.717, 1.165) is 83.5 Å². The smallest absolute Gasteiger partial charge is 0.306 e. The number of esters is 3. The van der Waals surface area contributed by atoms with E-state index < -0.39 is 6.10 Å². The van der Waals surface area contributed by atoms with E-state index in [1.165, 1.54) is 135 Å². The minimum atomic E-state index is -0.809. The molecule has 0 aromatic carbocycles. The van der Waals surface area contributed by atoms with E-state index >= 15 is 0 Å². The summed E-state index contributed by atoms with van der Waals surface area (Å²) in [5.41, 5.74) is 0. The molecule has 0 aromatic heterocycles. The minimum Gasteiger partial charge on any atom is -0.462 e. The van der Waals surface area contributed by atoms with Gasteiger partial charge in [-0.15, -0.1) is 0 Å². The lowest BCUT2D eigenvalue weighted by Crippen LogP contribution is -2.30. The second-order valence-electron chi connectivity index (χ2n) is 19.0. The molecule has 0 saturated heterocycles. The number of allylic oxidation sites excluding steroid dienone is 18. The molecule has 0 aliphatic heterocycles. The number of ether oxygens (including phenoxy) is 3. The third-order valence-corrected chi connectivity index (χ3v) is 12.2. The van der Waals surface area contributed by atoms with Gasteiger partial charge in [0.25, 0.3) is 0 Å². The first-order chi connectivity index (χ1) is 34.5. The van der Waals surface area contributed by atoms with Crippen molar-refractivity contribution < 1.29 is 28.6 Å². The molecule has 0 saturated carbocycles. The molecule has 0 heterocycles. The van der Waals surface area contributed by atoms with Gasteiger partial charge in [0, 0.05) is 19.3 Å². The van der Waals surface area contributed by atoms with Gasteiger partial charge in [0.05, 0.1) is 0 Å². The molecule has 6 heteroatoms.